The number of hydrogen-bond acceptors (Lipinski definition) is 4. The zero-order chi connectivity index (χ0) is 22.2. The van der Waals surface area contributed by atoms with Gasteiger partial charge in [-0.1, -0.05) is 24.3 Å². The van der Waals surface area contributed by atoms with Crippen LogP contribution in [0.1, 0.15) is 31.1 Å². The number of fused-ring (bicyclic) bond motifs is 1. The molecule has 0 bridgehead atoms. The Hall–Kier alpha value is -4.46. The van der Waals surface area contributed by atoms with Crippen molar-refractivity contribution in [3.05, 3.63) is 89.5 Å². The Morgan fingerprint density at radius 1 is 0.812 bits per heavy atom. The standard InChI is InChI=1S/C24H18N4O4/c29-21(15-5-3-7-17(13-15)27-12-11-25-24(27)32)26-16-6-4-8-18(14-16)28-22(30)19-9-1-2-10-20(19)23(28)31/h1-10,13-14H,11-12H2,(H,25,32)(H,26,29). The van der Waals surface area contributed by atoms with Crippen molar-refractivity contribution >= 4 is 40.8 Å². The molecule has 8 heteroatoms. The van der Waals surface area contributed by atoms with E-state index in [0.717, 1.165) is 4.90 Å². The molecule has 1 saturated heterocycles. The van der Waals surface area contributed by atoms with E-state index in [-0.39, 0.29) is 11.9 Å². The highest BCUT2D eigenvalue weighted by atomic mass is 16.2. The molecule has 0 spiro atoms. The van der Waals surface area contributed by atoms with Gasteiger partial charge in [0.15, 0.2) is 0 Å². The van der Waals surface area contributed by atoms with E-state index in [1.807, 2.05) is 0 Å². The lowest BCUT2D eigenvalue weighted by molar-refractivity contribution is 0.0925. The van der Waals surface area contributed by atoms with E-state index >= 15 is 0 Å². The molecule has 5 amide bonds. The van der Waals surface area contributed by atoms with E-state index < -0.39 is 11.8 Å². The zero-order valence-corrected chi connectivity index (χ0v) is 16.9. The normalized spacial score (nSPS) is 15.1. The van der Waals surface area contributed by atoms with Gasteiger partial charge in [0.2, 0.25) is 0 Å². The second-order valence-electron chi connectivity index (χ2n) is 7.43. The molecule has 2 N–H and O–H groups in total. The van der Waals surface area contributed by atoms with Gasteiger partial charge < -0.3 is 10.6 Å². The molecule has 0 aromatic heterocycles. The lowest BCUT2D eigenvalue weighted by atomic mass is 10.1. The fourth-order valence-corrected chi connectivity index (χ4v) is 3.88. The number of hydrogen-bond donors (Lipinski definition) is 2. The van der Waals surface area contributed by atoms with Crippen molar-refractivity contribution in [3.63, 3.8) is 0 Å². The summed E-state index contributed by atoms with van der Waals surface area (Å²) in [5.41, 5.74) is 2.54. The number of rotatable bonds is 4. The number of amides is 5. The number of nitrogens with one attached hydrogen (secondary N) is 2. The van der Waals surface area contributed by atoms with E-state index in [4.69, 9.17) is 0 Å². The molecule has 1 fully saturated rings. The van der Waals surface area contributed by atoms with Gasteiger partial charge in [-0.3, -0.25) is 19.3 Å². The average Bonchev–Trinajstić information content (AvgIpc) is 3.35. The van der Waals surface area contributed by atoms with E-state index in [1.165, 1.54) is 0 Å². The summed E-state index contributed by atoms with van der Waals surface area (Å²) < 4.78 is 0. The number of benzene rings is 3. The first-order valence-corrected chi connectivity index (χ1v) is 10.1. The van der Waals surface area contributed by atoms with Gasteiger partial charge >= 0.3 is 6.03 Å². The summed E-state index contributed by atoms with van der Waals surface area (Å²) in [6.07, 6.45) is 0. The highest BCUT2D eigenvalue weighted by Gasteiger charge is 2.36. The Kier molecular flexibility index (Phi) is 4.67. The van der Waals surface area contributed by atoms with E-state index in [9.17, 15) is 19.2 Å². The average molecular weight is 426 g/mol. The van der Waals surface area contributed by atoms with E-state index in [1.54, 1.807) is 77.7 Å². The molecular formula is C24H18N4O4. The largest absolute Gasteiger partial charge is 0.336 e. The van der Waals surface area contributed by atoms with Crippen LogP contribution in [0.4, 0.5) is 21.9 Å². The number of anilines is 3. The third-order valence-electron chi connectivity index (χ3n) is 5.43. The minimum Gasteiger partial charge on any atom is -0.336 e. The lowest BCUT2D eigenvalue weighted by Crippen LogP contribution is -2.29. The number of urea groups is 1. The van der Waals surface area contributed by atoms with Crippen LogP contribution < -0.4 is 20.4 Å². The van der Waals surface area contributed by atoms with Crippen LogP contribution in [0.2, 0.25) is 0 Å². The quantitative estimate of drug-likeness (QED) is 0.626. The maximum Gasteiger partial charge on any atom is 0.321 e. The predicted molar refractivity (Wildman–Crippen MR) is 119 cm³/mol. The van der Waals surface area contributed by atoms with Crippen LogP contribution in [0, 0.1) is 0 Å². The first kappa shape index (κ1) is 19.5. The summed E-state index contributed by atoms with van der Waals surface area (Å²) in [5.74, 6) is -1.16. The maximum absolute atomic E-state index is 12.8. The molecule has 5 rings (SSSR count). The third-order valence-corrected chi connectivity index (χ3v) is 5.43. The van der Waals surface area contributed by atoms with Gasteiger partial charge in [-0.25, -0.2) is 9.69 Å². The second kappa shape index (κ2) is 7.66. The molecule has 3 aromatic rings. The van der Waals surface area contributed by atoms with Crippen LogP contribution in [0.25, 0.3) is 0 Å². The fraction of sp³-hybridized carbons (Fsp3) is 0.0833. The van der Waals surface area contributed by atoms with Crippen molar-refractivity contribution in [1.29, 1.82) is 0 Å². The summed E-state index contributed by atoms with van der Waals surface area (Å²) in [7, 11) is 0. The molecule has 0 unspecified atom stereocenters. The van der Waals surface area contributed by atoms with Gasteiger partial charge in [0.1, 0.15) is 0 Å². The first-order chi connectivity index (χ1) is 15.5. The molecule has 2 heterocycles. The molecular weight excluding hydrogens is 408 g/mol. The Morgan fingerprint density at radius 3 is 2.19 bits per heavy atom. The van der Waals surface area contributed by atoms with Gasteiger partial charge in [-0.2, -0.15) is 0 Å². The lowest BCUT2D eigenvalue weighted by Gasteiger charge is -2.16. The summed E-state index contributed by atoms with van der Waals surface area (Å²) in [6, 6.07) is 19.8. The topological polar surface area (TPSA) is 98.8 Å². The summed E-state index contributed by atoms with van der Waals surface area (Å²) in [4.78, 5) is 52.9. The summed E-state index contributed by atoms with van der Waals surface area (Å²) in [5, 5.41) is 5.52. The predicted octanol–water partition coefficient (Wildman–Crippen LogP) is 3.27. The van der Waals surface area contributed by atoms with Crippen molar-refractivity contribution in [1.82, 2.24) is 5.32 Å². The van der Waals surface area contributed by atoms with E-state index in [0.29, 0.717) is 46.8 Å². The van der Waals surface area contributed by atoms with E-state index in [2.05, 4.69) is 10.6 Å². The Bertz CT molecular complexity index is 1250. The summed E-state index contributed by atoms with van der Waals surface area (Å²) in [6.45, 7) is 1.09. The van der Waals surface area contributed by atoms with Crippen LogP contribution in [-0.2, 0) is 0 Å². The second-order valence-corrected chi connectivity index (χ2v) is 7.43. The number of carbonyl (C=O) groups excluding carboxylic acids is 4. The Morgan fingerprint density at radius 2 is 1.50 bits per heavy atom. The summed E-state index contributed by atoms with van der Waals surface area (Å²) >= 11 is 0. The molecule has 0 saturated carbocycles. The van der Waals surface area contributed by atoms with Crippen molar-refractivity contribution in [2.24, 2.45) is 0 Å². The molecule has 158 valence electrons. The van der Waals surface area contributed by atoms with Crippen molar-refractivity contribution < 1.29 is 19.2 Å². The minimum atomic E-state index is -0.398. The molecule has 8 nitrogen and oxygen atoms in total. The molecule has 2 aliphatic rings. The monoisotopic (exact) mass is 426 g/mol. The SMILES string of the molecule is O=C(Nc1cccc(N2C(=O)c3ccccc3C2=O)c1)c1cccc(N2CCNC2=O)c1. The van der Waals surface area contributed by atoms with Crippen LogP contribution in [0.15, 0.2) is 72.8 Å². The van der Waals surface area contributed by atoms with Gasteiger partial charge in [0.05, 0.1) is 16.8 Å². The first-order valence-electron chi connectivity index (χ1n) is 10.1. The molecule has 0 atom stereocenters. The van der Waals surface area contributed by atoms with Crippen LogP contribution in [0.3, 0.4) is 0 Å². The maximum atomic E-state index is 12.8. The highest BCUT2D eigenvalue weighted by molar-refractivity contribution is 6.34. The van der Waals surface area contributed by atoms with Gasteiger partial charge in [-0.15, -0.1) is 0 Å². The van der Waals surface area contributed by atoms with Crippen LogP contribution >= 0.6 is 0 Å². The van der Waals surface area contributed by atoms with Gasteiger partial charge in [0.25, 0.3) is 17.7 Å². The molecule has 0 aliphatic carbocycles. The Labute approximate surface area is 183 Å². The zero-order valence-electron chi connectivity index (χ0n) is 16.9. The smallest absolute Gasteiger partial charge is 0.321 e. The number of nitrogens with zero attached hydrogens (tertiary/aromatic N) is 2. The van der Waals surface area contributed by atoms with Crippen LogP contribution in [0.5, 0.6) is 0 Å². The van der Waals surface area contributed by atoms with Gasteiger partial charge in [-0.05, 0) is 48.5 Å². The molecule has 2 aliphatic heterocycles. The third kappa shape index (κ3) is 3.27. The van der Waals surface area contributed by atoms with Crippen LogP contribution in [-0.4, -0.2) is 36.8 Å². The molecule has 3 aromatic carbocycles. The number of imide groups is 1. The Balaban J connectivity index is 1.37. The van der Waals surface area contributed by atoms with Crippen molar-refractivity contribution in [2.75, 3.05) is 28.2 Å². The van der Waals surface area contributed by atoms with Gasteiger partial charge in [0, 0.05) is 30.0 Å². The molecule has 0 radical (unpaired) electrons. The van der Waals surface area contributed by atoms with Crippen molar-refractivity contribution in [2.45, 2.75) is 0 Å². The minimum absolute atomic E-state index is 0.198. The molecule has 32 heavy (non-hydrogen) atoms. The fourth-order valence-electron chi connectivity index (χ4n) is 3.88. The highest BCUT2D eigenvalue weighted by Crippen LogP contribution is 2.30. The number of carbonyl (C=O) groups is 4. The van der Waals surface area contributed by atoms with Crippen molar-refractivity contribution in [3.8, 4) is 0 Å².